The highest BCUT2D eigenvalue weighted by atomic mass is 35.5. The van der Waals surface area contributed by atoms with Gasteiger partial charge in [0, 0.05) is 26.2 Å². The number of sulfonamides is 1. The number of nitrogens with zero attached hydrogens (tertiary/aromatic N) is 2. The van der Waals surface area contributed by atoms with Gasteiger partial charge in [-0.15, -0.1) is 0 Å². The Bertz CT molecular complexity index is 991. The van der Waals surface area contributed by atoms with Crippen LogP contribution in [0.2, 0.25) is 5.02 Å². The Hall–Kier alpha value is -2.23. The standard InChI is InChI=1S/C18H17ClF2N2O4S/c1-27-12-2-4-13(5-3-12)28(25,26)23-8-6-22(7-9-23)18(24)14-10-16(20)17(21)11-15(14)19/h2-5,10-11H,6-9H2,1H3. The van der Waals surface area contributed by atoms with E-state index in [0.29, 0.717) is 5.75 Å². The number of hydrogen-bond donors (Lipinski definition) is 0. The van der Waals surface area contributed by atoms with E-state index in [4.69, 9.17) is 16.3 Å². The van der Waals surface area contributed by atoms with Crippen molar-refractivity contribution in [3.63, 3.8) is 0 Å². The lowest BCUT2D eigenvalue weighted by Gasteiger charge is -2.34. The van der Waals surface area contributed by atoms with E-state index in [1.807, 2.05) is 0 Å². The van der Waals surface area contributed by atoms with Gasteiger partial charge in [0.15, 0.2) is 11.6 Å². The Morgan fingerprint density at radius 2 is 1.61 bits per heavy atom. The van der Waals surface area contributed by atoms with Crippen molar-refractivity contribution >= 4 is 27.5 Å². The fourth-order valence-electron chi connectivity index (χ4n) is 2.89. The molecule has 0 unspecified atom stereocenters. The van der Waals surface area contributed by atoms with E-state index in [-0.39, 0.29) is 41.7 Å². The van der Waals surface area contributed by atoms with Crippen molar-refractivity contribution in [2.75, 3.05) is 33.3 Å². The molecule has 0 aromatic heterocycles. The van der Waals surface area contributed by atoms with E-state index in [0.717, 1.165) is 12.1 Å². The van der Waals surface area contributed by atoms with Crippen LogP contribution < -0.4 is 4.74 Å². The van der Waals surface area contributed by atoms with Gasteiger partial charge in [0.2, 0.25) is 10.0 Å². The normalized spacial score (nSPS) is 15.5. The molecule has 1 aliphatic rings. The smallest absolute Gasteiger partial charge is 0.255 e. The lowest BCUT2D eigenvalue weighted by atomic mass is 10.1. The summed E-state index contributed by atoms with van der Waals surface area (Å²) >= 11 is 5.85. The molecular formula is C18H17ClF2N2O4S. The van der Waals surface area contributed by atoms with Gasteiger partial charge in [-0.1, -0.05) is 11.6 Å². The number of benzene rings is 2. The Morgan fingerprint density at radius 3 is 2.18 bits per heavy atom. The largest absolute Gasteiger partial charge is 0.497 e. The number of amides is 1. The van der Waals surface area contributed by atoms with Crippen molar-refractivity contribution in [3.8, 4) is 5.75 Å². The van der Waals surface area contributed by atoms with E-state index in [2.05, 4.69) is 0 Å². The van der Waals surface area contributed by atoms with Crippen LogP contribution in [0.4, 0.5) is 8.78 Å². The highest BCUT2D eigenvalue weighted by Gasteiger charge is 2.31. The molecule has 2 aromatic rings. The lowest BCUT2D eigenvalue weighted by Crippen LogP contribution is -2.50. The molecular weight excluding hydrogens is 414 g/mol. The van der Waals surface area contributed by atoms with Gasteiger partial charge in [-0.05, 0) is 36.4 Å². The summed E-state index contributed by atoms with van der Waals surface area (Å²) in [4.78, 5) is 14.0. The molecule has 0 saturated carbocycles. The van der Waals surface area contributed by atoms with Gasteiger partial charge < -0.3 is 9.64 Å². The Labute approximate surface area is 166 Å². The number of rotatable bonds is 4. The molecule has 1 aliphatic heterocycles. The summed E-state index contributed by atoms with van der Waals surface area (Å²) in [6, 6.07) is 7.50. The third-order valence-electron chi connectivity index (χ3n) is 4.46. The minimum Gasteiger partial charge on any atom is -0.497 e. The van der Waals surface area contributed by atoms with Crippen LogP contribution in [-0.2, 0) is 10.0 Å². The zero-order valence-electron chi connectivity index (χ0n) is 14.9. The van der Waals surface area contributed by atoms with Gasteiger partial charge in [0.05, 0.1) is 22.6 Å². The van der Waals surface area contributed by atoms with Gasteiger partial charge in [-0.25, -0.2) is 17.2 Å². The maximum Gasteiger partial charge on any atom is 0.255 e. The quantitative estimate of drug-likeness (QED) is 0.699. The number of ether oxygens (including phenoxy) is 1. The van der Waals surface area contributed by atoms with Crippen LogP contribution in [-0.4, -0.2) is 56.8 Å². The first-order chi connectivity index (χ1) is 13.2. The molecule has 0 atom stereocenters. The molecule has 0 N–H and O–H groups in total. The fraction of sp³-hybridized carbons (Fsp3) is 0.278. The third-order valence-corrected chi connectivity index (χ3v) is 6.69. The number of hydrogen-bond acceptors (Lipinski definition) is 4. The molecule has 0 radical (unpaired) electrons. The van der Waals surface area contributed by atoms with Crippen LogP contribution in [0.5, 0.6) is 5.75 Å². The minimum atomic E-state index is -3.72. The average Bonchev–Trinajstić information content (AvgIpc) is 2.70. The maximum atomic E-state index is 13.4. The van der Waals surface area contributed by atoms with Crippen molar-refractivity contribution in [3.05, 3.63) is 58.6 Å². The van der Waals surface area contributed by atoms with Crippen LogP contribution in [0.15, 0.2) is 41.3 Å². The second kappa shape index (κ2) is 8.02. The summed E-state index contributed by atoms with van der Waals surface area (Å²) in [7, 11) is -2.23. The summed E-state index contributed by atoms with van der Waals surface area (Å²) in [5.74, 6) is -2.35. The lowest BCUT2D eigenvalue weighted by molar-refractivity contribution is 0.0697. The van der Waals surface area contributed by atoms with Crippen LogP contribution in [0, 0.1) is 11.6 Å². The zero-order valence-corrected chi connectivity index (χ0v) is 16.4. The molecule has 1 amide bonds. The van der Waals surface area contributed by atoms with E-state index in [1.165, 1.54) is 28.4 Å². The topological polar surface area (TPSA) is 66.9 Å². The predicted molar refractivity (Wildman–Crippen MR) is 99.0 cm³/mol. The molecule has 1 heterocycles. The van der Waals surface area contributed by atoms with E-state index < -0.39 is 27.6 Å². The van der Waals surface area contributed by atoms with Crippen molar-refractivity contribution in [1.29, 1.82) is 0 Å². The molecule has 10 heteroatoms. The fourth-order valence-corrected chi connectivity index (χ4v) is 4.54. The summed E-state index contributed by atoms with van der Waals surface area (Å²) < 4.78 is 58.4. The summed E-state index contributed by atoms with van der Waals surface area (Å²) in [6.45, 7) is 0.343. The zero-order chi connectivity index (χ0) is 20.5. The molecule has 3 rings (SSSR count). The predicted octanol–water partition coefficient (Wildman–Crippen LogP) is 2.77. The Morgan fingerprint density at radius 1 is 1.04 bits per heavy atom. The molecule has 1 saturated heterocycles. The molecule has 1 fully saturated rings. The van der Waals surface area contributed by atoms with E-state index >= 15 is 0 Å². The van der Waals surface area contributed by atoms with Crippen molar-refractivity contribution in [2.45, 2.75) is 4.90 Å². The summed E-state index contributed by atoms with van der Waals surface area (Å²) in [5.41, 5.74) is -0.160. The molecule has 6 nitrogen and oxygen atoms in total. The van der Waals surface area contributed by atoms with Crippen molar-refractivity contribution in [1.82, 2.24) is 9.21 Å². The first-order valence-electron chi connectivity index (χ1n) is 8.32. The Balaban J connectivity index is 1.71. The molecule has 0 spiro atoms. The number of carbonyl (C=O) groups excluding carboxylic acids is 1. The van der Waals surface area contributed by atoms with Crippen molar-refractivity contribution < 1.29 is 26.7 Å². The highest BCUT2D eigenvalue weighted by Crippen LogP contribution is 2.24. The SMILES string of the molecule is COc1ccc(S(=O)(=O)N2CCN(C(=O)c3cc(F)c(F)cc3Cl)CC2)cc1. The minimum absolute atomic E-state index is 0.0708. The Kier molecular flexibility index (Phi) is 5.87. The third kappa shape index (κ3) is 3.96. The number of piperazine rings is 1. The number of halogens is 3. The van der Waals surface area contributed by atoms with Gasteiger partial charge in [-0.3, -0.25) is 4.79 Å². The number of methoxy groups -OCH3 is 1. The molecule has 2 aromatic carbocycles. The maximum absolute atomic E-state index is 13.4. The molecule has 0 bridgehead atoms. The second-order valence-corrected chi connectivity index (χ2v) is 8.46. The van der Waals surface area contributed by atoms with Crippen LogP contribution in [0.1, 0.15) is 10.4 Å². The number of carbonyl (C=O) groups is 1. The molecule has 28 heavy (non-hydrogen) atoms. The van der Waals surface area contributed by atoms with Gasteiger partial charge >= 0.3 is 0 Å². The highest BCUT2D eigenvalue weighted by molar-refractivity contribution is 7.89. The van der Waals surface area contributed by atoms with Crippen LogP contribution in [0.25, 0.3) is 0 Å². The molecule has 0 aliphatic carbocycles. The van der Waals surface area contributed by atoms with E-state index in [9.17, 15) is 22.0 Å². The van der Waals surface area contributed by atoms with Gasteiger partial charge in [0.25, 0.3) is 5.91 Å². The van der Waals surface area contributed by atoms with E-state index in [1.54, 1.807) is 12.1 Å². The first-order valence-corrected chi connectivity index (χ1v) is 10.1. The van der Waals surface area contributed by atoms with Crippen LogP contribution in [0.3, 0.4) is 0 Å². The van der Waals surface area contributed by atoms with Gasteiger partial charge in [-0.2, -0.15) is 4.31 Å². The first kappa shape index (κ1) is 20.5. The summed E-state index contributed by atoms with van der Waals surface area (Å²) in [5, 5.41) is -0.197. The molecule has 150 valence electrons. The summed E-state index contributed by atoms with van der Waals surface area (Å²) in [6.07, 6.45) is 0. The van der Waals surface area contributed by atoms with Gasteiger partial charge in [0.1, 0.15) is 5.75 Å². The van der Waals surface area contributed by atoms with Crippen LogP contribution >= 0.6 is 11.6 Å². The average molecular weight is 431 g/mol. The monoisotopic (exact) mass is 430 g/mol. The van der Waals surface area contributed by atoms with Crippen molar-refractivity contribution in [2.24, 2.45) is 0 Å². The second-order valence-electron chi connectivity index (χ2n) is 6.12.